The summed E-state index contributed by atoms with van der Waals surface area (Å²) >= 11 is 0. The Morgan fingerprint density at radius 1 is 1.14 bits per heavy atom. The average molecular weight is 473 g/mol. The molecule has 35 heavy (non-hydrogen) atoms. The molecule has 7 heteroatoms. The second-order valence-corrected chi connectivity index (χ2v) is 7.48. The van der Waals surface area contributed by atoms with E-state index in [2.05, 4.69) is 11.9 Å². The summed E-state index contributed by atoms with van der Waals surface area (Å²) in [6, 6.07) is 17.6. The minimum absolute atomic E-state index is 0.00452. The van der Waals surface area contributed by atoms with Crippen molar-refractivity contribution in [2.45, 2.75) is 20.0 Å². The van der Waals surface area contributed by atoms with Gasteiger partial charge in [0.15, 0.2) is 11.5 Å². The molecule has 0 saturated carbocycles. The van der Waals surface area contributed by atoms with Crippen LogP contribution in [0.1, 0.15) is 23.6 Å². The van der Waals surface area contributed by atoms with Gasteiger partial charge in [0.1, 0.15) is 29.8 Å². The van der Waals surface area contributed by atoms with Crippen molar-refractivity contribution in [3.05, 3.63) is 101 Å². The molecule has 3 aromatic carbocycles. The standard InChI is InChI=1S/C28H25FN2O4/c1-3-7-20-14-19(15-22(17-30)28(33)31-23-10-12-24(32)13-11-23)16-26(34-4-2)27(20)35-18-21-8-5-6-9-25(21)29/h3,5-6,8-16,32H,1,4,7,18H2,2H3,(H,31,33)/b22-15+. The Bertz CT molecular complexity index is 1280. The third-order valence-electron chi connectivity index (χ3n) is 4.95. The first-order chi connectivity index (χ1) is 16.9. The molecule has 3 aromatic rings. The Balaban J connectivity index is 1.93. The van der Waals surface area contributed by atoms with Crippen LogP contribution in [0.3, 0.4) is 0 Å². The number of aromatic hydroxyl groups is 1. The highest BCUT2D eigenvalue weighted by atomic mass is 19.1. The summed E-state index contributed by atoms with van der Waals surface area (Å²) in [4.78, 5) is 12.6. The number of hydrogen-bond donors (Lipinski definition) is 2. The van der Waals surface area contributed by atoms with E-state index in [1.54, 1.807) is 36.4 Å². The molecule has 0 aliphatic rings. The zero-order valence-corrected chi connectivity index (χ0v) is 19.3. The van der Waals surface area contributed by atoms with Gasteiger partial charge in [-0.2, -0.15) is 5.26 Å². The third-order valence-corrected chi connectivity index (χ3v) is 4.95. The molecule has 3 rings (SSSR count). The molecule has 6 nitrogen and oxygen atoms in total. The minimum atomic E-state index is -0.596. The lowest BCUT2D eigenvalue weighted by Gasteiger charge is -2.17. The zero-order valence-electron chi connectivity index (χ0n) is 19.3. The normalized spacial score (nSPS) is 10.8. The Morgan fingerprint density at radius 3 is 2.54 bits per heavy atom. The summed E-state index contributed by atoms with van der Waals surface area (Å²) in [5, 5.41) is 21.6. The van der Waals surface area contributed by atoms with E-state index in [1.165, 1.54) is 36.4 Å². The lowest BCUT2D eigenvalue weighted by atomic mass is 10.0. The lowest BCUT2D eigenvalue weighted by Crippen LogP contribution is -2.13. The van der Waals surface area contributed by atoms with Gasteiger partial charge in [-0.3, -0.25) is 4.79 Å². The van der Waals surface area contributed by atoms with Crippen molar-refractivity contribution in [3.63, 3.8) is 0 Å². The molecule has 0 spiro atoms. The third kappa shape index (κ3) is 6.71. The maximum absolute atomic E-state index is 14.1. The SMILES string of the molecule is C=CCc1cc(/C=C(\C#N)C(=O)Nc2ccc(O)cc2)cc(OCC)c1OCc1ccccc1F. The van der Waals surface area contributed by atoms with E-state index in [1.807, 2.05) is 13.0 Å². The Morgan fingerprint density at radius 2 is 1.89 bits per heavy atom. The number of nitrogens with one attached hydrogen (secondary N) is 1. The van der Waals surface area contributed by atoms with E-state index < -0.39 is 5.91 Å². The topological polar surface area (TPSA) is 91.6 Å². The molecule has 0 fully saturated rings. The smallest absolute Gasteiger partial charge is 0.266 e. The van der Waals surface area contributed by atoms with Crippen LogP contribution in [0.2, 0.25) is 0 Å². The van der Waals surface area contributed by atoms with Crippen molar-refractivity contribution in [2.24, 2.45) is 0 Å². The Labute approximate surface area is 203 Å². The first-order valence-electron chi connectivity index (χ1n) is 10.9. The molecule has 0 radical (unpaired) electrons. The second-order valence-electron chi connectivity index (χ2n) is 7.48. The van der Waals surface area contributed by atoms with E-state index in [0.29, 0.717) is 46.9 Å². The van der Waals surface area contributed by atoms with Crippen LogP contribution in [-0.2, 0) is 17.8 Å². The molecular weight excluding hydrogens is 447 g/mol. The molecule has 0 aliphatic heterocycles. The second kappa shape index (κ2) is 12.1. The van der Waals surface area contributed by atoms with Crippen LogP contribution in [-0.4, -0.2) is 17.6 Å². The fourth-order valence-electron chi connectivity index (χ4n) is 3.32. The predicted octanol–water partition coefficient (Wildman–Crippen LogP) is 5.78. The number of carbonyl (C=O) groups is 1. The highest BCUT2D eigenvalue weighted by Crippen LogP contribution is 2.35. The molecule has 178 valence electrons. The summed E-state index contributed by atoms with van der Waals surface area (Å²) in [5.41, 5.74) is 1.99. The van der Waals surface area contributed by atoms with E-state index in [-0.39, 0.29) is 23.7 Å². The summed E-state index contributed by atoms with van der Waals surface area (Å²) in [7, 11) is 0. The van der Waals surface area contributed by atoms with Gasteiger partial charge in [-0.15, -0.1) is 6.58 Å². The van der Waals surface area contributed by atoms with Crippen LogP contribution >= 0.6 is 0 Å². The van der Waals surface area contributed by atoms with Gasteiger partial charge in [-0.25, -0.2) is 4.39 Å². The van der Waals surface area contributed by atoms with Gasteiger partial charge in [0.2, 0.25) is 0 Å². The molecule has 0 aromatic heterocycles. The quantitative estimate of drug-likeness (QED) is 0.169. The number of amides is 1. The lowest BCUT2D eigenvalue weighted by molar-refractivity contribution is -0.112. The van der Waals surface area contributed by atoms with Gasteiger partial charge < -0.3 is 19.9 Å². The van der Waals surface area contributed by atoms with Crippen molar-refractivity contribution in [3.8, 4) is 23.3 Å². The Hall–Kier alpha value is -4.57. The number of nitriles is 1. The summed E-state index contributed by atoms with van der Waals surface area (Å²) in [6.07, 6.45) is 3.57. The van der Waals surface area contributed by atoms with Gasteiger partial charge in [-0.1, -0.05) is 24.3 Å². The van der Waals surface area contributed by atoms with Crippen molar-refractivity contribution in [1.82, 2.24) is 0 Å². The van der Waals surface area contributed by atoms with Gasteiger partial charge in [0, 0.05) is 16.8 Å². The zero-order chi connectivity index (χ0) is 25.2. The fourth-order valence-corrected chi connectivity index (χ4v) is 3.32. The van der Waals surface area contributed by atoms with Crippen LogP contribution in [0.5, 0.6) is 17.2 Å². The van der Waals surface area contributed by atoms with Gasteiger partial charge in [0.05, 0.1) is 6.61 Å². The van der Waals surface area contributed by atoms with Crippen LogP contribution < -0.4 is 14.8 Å². The number of phenolic OH excluding ortho intramolecular Hbond substituents is 1. The molecule has 0 bridgehead atoms. The summed E-state index contributed by atoms with van der Waals surface area (Å²) in [6.45, 7) is 5.96. The van der Waals surface area contributed by atoms with E-state index in [9.17, 15) is 19.6 Å². The fraction of sp³-hybridized carbons (Fsp3) is 0.143. The highest BCUT2D eigenvalue weighted by molar-refractivity contribution is 6.09. The maximum atomic E-state index is 14.1. The first-order valence-corrected chi connectivity index (χ1v) is 10.9. The highest BCUT2D eigenvalue weighted by Gasteiger charge is 2.16. The average Bonchev–Trinajstić information content (AvgIpc) is 2.84. The predicted molar refractivity (Wildman–Crippen MR) is 133 cm³/mol. The number of carbonyl (C=O) groups excluding carboxylic acids is 1. The number of halogens is 1. The molecule has 1 amide bonds. The number of nitrogens with zero attached hydrogens (tertiary/aromatic N) is 1. The number of hydrogen-bond acceptors (Lipinski definition) is 5. The molecule has 0 unspecified atom stereocenters. The Kier molecular flexibility index (Phi) is 8.63. The van der Waals surface area contributed by atoms with Crippen molar-refractivity contribution in [2.75, 3.05) is 11.9 Å². The van der Waals surface area contributed by atoms with Crippen molar-refractivity contribution in [1.29, 1.82) is 5.26 Å². The molecule has 0 aliphatic carbocycles. The number of allylic oxidation sites excluding steroid dienone is 1. The van der Waals surface area contributed by atoms with E-state index >= 15 is 0 Å². The van der Waals surface area contributed by atoms with Gasteiger partial charge in [-0.05, 0) is 67.4 Å². The minimum Gasteiger partial charge on any atom is -0.508 e. The van der Waals surface area contributed by atoms with Crippen molar-refractivity contribution < 1.29 is 23.8 Å². The number of phenols is 1. The van der Waals surface area contributed by atoms with Gasteiger partial charge in [0.25, 0.3) is 5.91 Å². The number of anilines is 1. The van der Waals surface area contributed by atoms with E-state index in [4.69, 9.17) is 9.47 Å². The van der Waals surface area contributed by atoms with Crippen molar-refractivity contribution >= 4 is 17.7 Å². The molecule has 0 atom stereocenters. The monoisotopic (exact) mass is 472 g/mol. The van der Waals surface area contributed by atoms with Crippen LogP contribution in [0.25, 0.3) is 6.08 Å². The summed E-state index contributed by atoms with van der Waals surface area (Å²) in [5.74, 6) is -0.0469. The number of rotatable bonds is 10. The van der Waals surface area contributed by atoms with E-state index in [0.717, 1.165) is 0 Å². The first kappa shape index (κ1) is 25.1. The van der Waals surface area contributed by atoms with Crippen LogP contribution in [0.4, 0.5) is 10.1 Å². The van der Waals surface area contributed by atoms with Crippen LogP contribution in [0.15, 0.2) is 78.9 Å². The molecule has 0 saturated heterocycles. The van der Waals surface area contributed by atoms with Crippen LogP contribution in [0, 0.1) is 17.1 Å². The maximum Gasteiger partial charge on any atom is 0.266 e. The molecule has 2 N–H and O–H groups in total. The largest absolute Gasteiger partial charge is 0.508 e. The van der Waals surface area contributed by atoms with Gasteiger partial charge >= 0.3 is 0 Å². The molecule has 0 heterocycles. The molecular formula is C28H25FN2O4. The number of benzene rings is 3. The number of ether oxygens (including phenoxy) is 2. The summed E-state index contributed by atoms with van der Waals surface area (Å²) < 4.78 is 25.8.